The van der Waals surface area contributed by atoms with E-state index in [1.165, 1.54) is 10.9 Å². The molecule has 1 aromatic heterocycles. The van der Waals surface area contributed by atoms with E-state index in [1.54, 1.807) is 23.5 Å². The number of nitrogens with two attached hydrogens (primary N) is 1. The van der Waals surface area contributed by atoms with Crippen LogP contribution in [0.15, 0.2) is 18.2 Å². The van der Waals surface area contributed by atoms with Gasteiger partial charge in [-0.2, -0.15) is 0 Å². The molecule has 1 aromatic carbocycles. The quantitative estimate of drug-likeness (QED) is 0.749. The molecular formula is C13H13N3O2S. The molecule has 0 fully saturated rings. The van der Waals surface area contributed by atoms with Gasteiger partial charge in [0.1, 0.15) is 0 Å². The van der Waals surface area contributed by atoms with E-state index >= 15 is 0 Å². The first-order chi connectivity index (χ1) is 9.13. The van der Waals surface area contributed by atoms with Gasteiger partial charge in [0.2, 0.25) is 0 Å². The van der Waals surface area contributed by atoms with Crippen LogP contribution in [-0.4, -0.2) is 16.1 Å². The van der Waals surface area contributed by atoms with Crippen LogP contribution in [0, 0.1) is 0 Å². The van der Waals surface area contributed by atoms with Crippen molar-refractivity contribution in [2.45, 2.75) is 19.3 Å². The van der Waals surface area contributed by atoms with Crippen molar-refractivity contribution in [3.05, 3.63) is 34.3 Å². The third-order valence-corrected chi connectivity index (χ3v) is 4.18. The molecule has 0 atom stereocenters. The van der Waals surface area contributed by atoms with Gasteiger partial charge in [0.05, 0.1) is 16.9 Å². The van der Waals surface area contributed by atoms with Crippen molar-refractivity contribution in [3.63, 3.8) is 0 Å². The molecule has 6 heteroatoms. The molecule has 0 saturated heterocycles. The average molecular weight is 275 g/mol. The highest BCUT2D eigenvalue weighted by atomic mass is 32.1. The van der Waals surface area contributed by atoms with Crippen LogP contribution in [0.25, 0.3) is 0 Å². The zero-order valence-corrected chi connectivity index (χ0v) is 11.0. The molecule has 0 spiro atoms. The standard InChI is InChI=1S/C13H13N3O2S/c14-7-4-5-9(8(6-7)12(17)18)15-13-16-10-2-1-3-11(10)19-13/h4-6H,1-3,14H2,(H,15,16)(H,17,18). The zero-order valence-electron chi connectivity index (χ0n) is 10.1. The van der Waals surface area contributed by atoms with E-state index in [9.17, 15) is 9.90 Å². The number of hydrogen-bond acceptors (Lipinski definition) is 5. The van der Waals surface area contributed by atoms with Gasteiger partial charge in [-0.25, -0.2) is 9.78 Å². The van der Waals surface area contributed by atoms with Crippen LogP contribution in [0.3, 0.4) is 0 Å². The summed E-state index contributed by atoms with van der Waals surface area (Å²) < 4.78 is 0. The van der Waals surface area contributed by atoms with E-state index < -0.39 is 5.97 Å². The highest BCUT2D eigenvalue weighted by Gasteiger charge is 2.18. The minimum atomic E-state index is -1.00. The molecule has 0 unspecified atom stereocenters. The van der Waals surface area contributed by atoms with Gasteiger partial charge in [-0.05, 0) is 37.5 Å². The highest BCUT2D eigenvalue weighted by molar-refractivity contribution is 7.15. The maximum Gasteiger partial charge on any atom is 0.337 e. The molecule has 19 heavy (non-hydrogen) atoms. The lowest BCUT2D eigenvalue weighted by molar-refractivity contribution is 0.0698. The fourth-order valence-corrected chi connectivity index (χ4v) is 3.27. The molecule has 0 amide bonds. The minimum absolute atomic E-state index is 0.162. The van der Waals surface area contributed by atoms with Crippen LogP contribution in [0.1, 0.15) is 27.3 Å². The summed E-state index contributed by atoms with van der Waals surface area (Å²) >= 11 is 1.60. The Balaban J connectivity index is 1.92. The van der Waals surface area contributed by atoms with E-state index in [-0.39, 0.29) is 5.56 Å². The van der Waals surface area contributed by atoms with E-state index in [0.29, 0.717) is 11.4 Å². The maximum absolute atomic E-state index is 11.2. The normalized spacial score (nSPS) is 13.3. The Labute approximate surface area is 114 Å². The largest absolute Gasteiger partial charge is 0.478 e. The van der Waals surface area contributed by atoms with Gasteiger partial charge in [-0.3, -0.25) is 0 Å². The first-order valence-corrected chi connectivity index (χ1v) is 6.83. The minimum Gasteiger partial charge on any atom is -0.478 e. The SMILES string of the molecule is Nc1ccc(Nc2nc3c(s2)CCC3)c(C(=O)O)c1. The van der Waals surface area contributed by atoms with Crippen LogP contribution in [-0.2, 0) is 12.8 Å². The van der Waals surface area contributed by atoms with Gasteiger partial charge in [-0.15, -0.1) is 11.3 Å². The van der Waals surface area contributed by atoms with E-state index in [2.05, 4.69) is 10.3 Å². The Morgan fingerprint density at radius 1 is 1.42 bits per heavy atom. The van der Waals surface area contributed by atoms with Gasteiger partial charge in [0.15, 0.2) is 5.13 Å². The van der Waals surface area contributed by atoms with E-state index in [1.807, 2.05) is 0 Å². The van der Waals surface area contributed by atoms with Crippen molar-refractivity contribution < 1.29 is 9.90 Å². The molecule has 0 radical (unpaired) electrons. The van der Waals surface area contributed by atoms with Crippen molar-refractivity contribution in [2.24, 2.45) is 0 Å². The summed E-state index contributed by atoms with van der Waals surface area (Å²) in [4.78, 5) is 17.0. The van der Waals surface area contributed by atoms with E-state index in [4.69, 9.17) is 5.73 Å². The number of nitrogens with one attached hydrogen (secondary N) is 1. The first kappa shape index (κ1) is 12.0. The number of fused-ring (bicyclic) bond motifs is 1. The Bertz CT molecular complexity index is 630. The fraction of sp³-hybridized carbons (Fsp3) is 0.231. The number of anilines is 3. The second-order valence-corrected chi connectivity index (χ2v) is 5.56. The molecule has 1 aliphatic carbocycles. The van der Waals surface area contributed by atoms with Gasteiger partial charge < -0.3 is 16.2 Å². The van der Waals surface area contributed by atoms with Crippen molar-refractivity contribution in [1.29, 1.82) is 0 Å². The van der Waals surface area contributed by atoms with Crippen molar-refractivity contribution in [3.8, 4) is 0 Å². The zero-order chi connectivity index (χ0) is 13.4. The summed E-state index contributed by atoms with van der Waals surface area (Å²) in [6, 6.07) is 4.80. The number of aryl methyl sites for hydroxylation is 2. The first-order valence-electron chi connectivity index (χ1n) is 6.02. The van der Waals surface area contributed by atoms with Gasteiger partial charge in [0, 0.05) is 10.6 Å². The lowest BCUT2D eigenvalue weighted by atomic mass is 10.1. The molecule has 98 valence electrons. The molecule has 0 bridgehead atoms. The number of benzene rings is 1. The van der Waals surface area contributed by atoms with Crippen molar-refractivity contribution in [1.82, 2.24) is 4.98 Å². The van der Waals surface area contributed by atoms with Gasteiger partial charge >= 0.3 is 5.97 Å². The molecule has 1 aliphatic rings. The number of aromatic carboxylic acids is 1. The predicted molar refractivity (Wildman–Crippen MR) is 75.2 cm³/mol. The molecule has 3 rings (SSSR count). The monoisotopic (exact) mass is 275 g/mol. The van der Waals surface area contributed by atoms with E-state index in [0.717, 1.165) is 30.1 Å². The number of hydrogen-bond donors (Lipinski definition) is 3. The fourth-order valence-electron chi connectivity index (χ4n) is 2.21. The molecule has 5 nitrogen and oxygen atoms in total. The second kappa shape index (κ2) is 4.55. The number of nitrogen functional groups attached to an aromatic ring is 1. The summed E-state index contributed by atoms with van der Waals surface area (Å²) in [6.07, 6.45) is 3.25. The second-order valence-electron chi connectivity index (χ2n) is 4.48. The topological polar surface area (TPSA) is 88.2 Å². The molecule has 2 aromatic rings. The summed E-state index contributed by atoms with van der Waals surface area (Å²) in [7, 11) is 0. The number of carboxylic acids is 1. The molecule has 4 N–H and O–H groups in total. The molecule has 0 aliphatic heterocycles. The average Bonchev–Trinajstić information content (AvgIpc) is 2.91. The van der Waals surface area contributed by atoms with Crippen LogP contribution < -0.4 is 11.1 Å². The number of carbonyl (C=O) groups is 1. The Hall–Kier alpha value is -2.08. The molecular weight excluding hydrogens is 262 g/mol. The van der Waals surface area contributed by atoms with Crippen molar-refractivity contribution in [2.75, 3.05) is 11.1 Å². The van der Waals surface area contributed by atoms with Crippen LogP contribution in [0.4, 0.5) is 16.5 Å². The molecule has 0 saturated carbocycles. The van der Waals surface area contributed by atoms with Crippen LogP contribution in [0.5, 0.6) is 0 Å². The smallest absolute Gasteiger partial charge is 0.337 e. The summed E-state index contributed by atoms with van der Waals surface area (Å²) in [6.45, 7) is 0. The predicted octanol–water partition coefficient (Wildman–Crippen LogP) is 2.66. The van der Waals surface area contributed by atoms with Gasteiger partial charge in [0.25, 0.3) is 0 Å². The third kappa shape index (κ3) is 2.26. The lowest BCUT2D eigenvalue weighted by Crippen LogP contribution is -2.03. The van der Waals surface area contributed by atoms with Crippen LogP contribution >= 0.6 is 11.3 Å². The molecule has 1 heterocycles. The van der Waals surface area contributed by atoms with Crippen LogP contribution in [0.2, 0.25) is 0 Å². The summed E-state index contributed by atoms with van der Waals surface area (Å²) in [5, 5.41) is 13.0. The number of aromatic nitrogens is 1. The number of rotatable bonds is 3. The number of thiazole rings is 1. The Morgan fingerprint density at radius 2 is 2.26 bits per heavy atom. The van der Waals surface area contributed by atoms with Gasteiger partial charge in [-0.1, -0.05) is 0 Å². The maximum atomic E-state index is 11.2. The third-order valence-electron chi connectivity index (χ3n) is 3.11. The summed E-state index contributed by atoms with van der Waals surface area (Å²) in [5.41, 5.74) is 7.87. The lowest BCUT2D eigenvalue weighted by Gasteiger charge is -2.07. The highest BCUT2D eigenvalue weighted by Crippen LogP contribution is 2.33. The Kier molecular flexibility index (Phi) is 2.87. The number of carboxylic acid groups (broad SMARTS) is 1. The van der Waals surface area contributed by atoms with Crippen molar-refractivity contribution >= 4 is 33.8 Å². The summed E-state index contributed by atoms with van der Waals surface area (Å²) in [5.74, 6) is -1.00. The number of nitrogens with zero attached hydrogens (tertiary/aromatic N) is 1. The Morgan fingerprint density at radius 3 is 3.00 bits per heavy atom.